The van der Waals surface area contributed by atoms with Gasteiger partial charge in [0.25, 0.3) is 0 Å². The molecule has 27 heavy (non-hydrogen) atoms. The van der Waals surface area contributed by atoms with Gasteiger partial charge < -0.3 is 14.5 Å². The molecule has 1 aromatic carbocycles. The first-order chi connectivity index (χ1) is 13.0. The van der Waals surface area contributed by atoms with E-state index >= 15 is 0 Å². The van der Waals surface area contributed by atoms with Gasteiger partial charge in [0.15, 0.2) is 0 Å². The Morgan fingerprint density at radius 1 is 1.30 bits per heavy atom. The molecule has 1 N–H and O–H groups in total. The summed E-state index contributed by atoms with van der Waals surface area (Å²) < 4.78 is 6.66. The molecule has 2 bridgehead atoms. The van der Waals surface area contributed by atoms with E-state index in [9.17, 15) is 4.79 Å². The van der Waals surface area contributed by atoms with Gasteiger partial charge in [-0.3, -0.25) is 4.79 Å². The highest BCUT2D eigenvalue weighted by atomic mass is 16.5. The third kappa shape index (κ3) is 1.38. The lowest BCUT2D eigenvalue weighted by Crippen LogP contribution is -2.68. The lowest BCUT2D eigenvalue weighted by Gasteiger charge is -2.55. The van der Waals surface area contributed by atoms with Crippen molar-refractivity contribution < 1.29 is 14.0 Å². The topological polar surface area (TPSA) is 38.3 Å². The lowest BCUT2D eigenvalue weighted by atomic mass is 9.56. The highest BCUT2D eigenvalue weighted by molar-refractivity contribution is 5.82. The fraction of sp³-hybridized carbons (Fsp3) is 0.696. The molecule has 4 heteroatoms. The predicted molar refractivity (Wildman–Crippen MR) is 104 cm³/mol. The van der Waals surface area contributed by atoms with Crippen LogP contribution in [0.1, 0.15) is 45.1 Å². The second-order valence-corrected chi connectivity index (χ2v) is 9.98. The zero-order valence-electron chi connectivity index (χ0n) is 16.8. The van der Waals surface area contributed by atoms with E-state index in [0.717, 1.165) is 6.42 Å². The number of anilines is 1. The summed E-state index contributed by atoms with van der Waals surface area (Å²) in [4.78, 5) is 13.1. The molecule has 2 saturated heterocycles. The van der Waals surface area contributed by atoms with E-state index < -0.39 is 0 Å². The van der Waals surface area contributed by atoms with Crippen molar-refractivity contribution in [3.8, 4) is 0 Å². The second kappa shape index (κ2) is 4.71. The van der Waals surface area contributed by atoms with Crippen LogP contribution < -0.4 is 5.32 Å². The first-order valence-corrected chi connectivity index (χ1v) is 10.8. The fourth-order valence-electron chi connectivity index (χ4n) is 9.47. The normalized spacial score (nSPS) is 50.7. The number of rotatable bonds is 2. The van der Waals surface area contributed by atoms with Crippen LogP contribution in [0.3, 0.4) is 0 Å². The van der Waals surface area contributed by atoms with Gasteiger partial charge in [0.05, 0.1) is 43.6 Å². The zero-order chi connectivity index (χ0) is 18.7. The number of likely N-dealkylation sites (N-methyl/N-ethyl adjacent to an activating group) is 1. The van der Waals surface area contributed by atoms with E-state index in [1.807, 2.05) is 0 Å². The van der Waals surface area contributed by atoms with E-state index in [2.05, 4.69) is 43.4 Å². The molecule has 0 amide bonds. The van der Waals surface area contributed by atoms with Crippen molar-refractivity contribution in [1.82, 2.24) is 0 Å². The minimum Gasteiger partial charge on any atom is -0.469 e. The maximum absolute atomic E-state index is 13.1. The number of piperidine rings is 1. The highest BCUT2D eigenvalue weighted by Gasteiger charge is 2.90. The third-order valence-electron chi connectivity index (χ3n) is 10.0. The summed E-state index contributed by atoms with van der Waals surface area (Å²) >= 11 is 0. The number of nitrogens with zero attached hydrogens (tertiary/aromatic N) is 1. The van der Waals surface area contributed by atoms with E-state index in [4.69, 9.17) is 4.74 Å². The van der Waals surface area contributed by atoms with E-state index in [0.29, 0.717) is 12.0 Å². The van der Waals surface area contributed by atoms with Crippen molar-refractivity contribution in [2.45, 2.75) is 56.5 Å². The standard InChI is InChI=1S/C23H31N2O2/c1-4-25-12-7-10-21-14-17(19(26)27-3)23(15(21)2)22(11-13-25,20(21)25)16-8-5-6-9-18(16)24-23/h5-6,8-9,15,17,20,24H,4,7,10-14H2,1-3H3/q+1/t15-,17+,20-,21+,22-,23+,25?/m1/s1. The van der Waals surface area contributed by atoms with Crippen molar-refractivity contribution in [2.75, 3.05) is 32.1 Å². The van der Waals surface area contributed by atoms with Crippen molar-refractivity contribution in [2.24, 2.45) is 17.3 Å². The molecule has 3 spiro atoms. The number of benzene rings is 1. The first kappa shape index (κ1) is 16.4. The van der Waals surface area contributed by atoms with E-state index in [1.54, 1.807) is 7.11 Å². The zero-order valence-corrected chi connectivity index (χ0v) is 16.8. The van der Waals surface area contributed by atoms with Crippen LogP contribution in [0.4, 0.5) is 5.69 Å². The molecule has 1 aromatic rings. The number of hydrogen-bond acceptors (Lipinski definition) is 3. The number of methoxy groups -OCH3 is 1. The fourth-order valence-corrected chi connectivity index (χ4v) is 9.47. The Kier molecular flexibility index (Phi) is 2.86. The minimum absolute atomic E-state index is 0.00364. The lowest BCUT2D eigenvalue weighted by molar-refractivity contribution is -0.952. The number of carbonyl (C=O) groups is 1. The van der Waals surface area contributed by atoms with Crippen molar-refractivity contribution >= 4 is 11.7 Å². The summed E-state index contributed by atoms with van der Waals surface area (Å²) in [5.41, 5.74) is 2.94. The Morgan fingerprint density at radius 3 is 2.89 bits per heavy atom. The number of nitrogens with one attached hydrogen (secondary N) is 1. The molecule has 4 nitrogen and oxygen atoms in total. The molecule has 3 aliphatic heterocycles. The molecule has 144 valence electrons. The smallest absolute Gasteiger partial charge is 0.311 e. The highest BCUT2D eigenvalue weighted by Crippen LogP contribution is 2.81. The van der Waals surface area contributed by atoms with Gasteiger partial charge >= 0.3 is 5.97 Å². The Labute approximate surface area is 161 Å². The molecule has 2 saturated carbocycles. The molecule has 7 atom stereocenters. The summed E-state index contributed by atoms with van der Waals surface area (Å²) in [6.07, 6.45) is 4.79. The molecule has 6 rings (SSSR count). The van der Waals surface area contributed by atoms with Crippen LogP contribution in [-0.2, 0) is 14.9 Å². The molecular formula is C23H31N2O2+. The van der Waals surface area contributed by atoms with Crippen molar-refractivity contribution in [1.29, 1.82) is 0 Å². The molecule has 0 aromatic heterocycles. The SMILES string of the molecule is CC[N+]12CCC[C@@]34C[C@@H](C(=O)OC)[C@@]5(Nc6ccccc6[C@]5(CC1)[C@@H]32)[C@@H]4C. The third-order valence-corrected chi connectivity index (χ3v) is 10.0. The maximum Gasteiger partial charge on any atom is 0.311 e. The van der Waals surface area contributed by atoms with Gasteiger partial charge in [-0.2, -0.15) is 0 Å². The average Bonchev–Trinajstić information content (AvgIpc) is 3.34. The molecule has 0 radical (unpaired) electrons. The van der Waals surface area contributed by atoms with Crippen LogP contribution >= 0.6 is 0 Å². The number of ether oxygens (including phenoxy) is 1. The quantitative estimate of drug-likeness (QED) is 0.644. The summed E-state index contributed by atoms with van der Waals surface area (Å²) in [6.45, 7) is 8.66. The summed E-state index contributed by atoms with van der Waals surface area (Å²) in [5.74, 6) is 0.469. The number of hydrogen-bond donors (Lipinski definition) is 1. The van der Waals surface area contributed by atoms with Gasteiger partial charge in [-0.15, -0.1) is 0 Å². The second-order valence-electron chi connectivity index (χ2n) is 9.98. The number of esters is 1. The van der Waals surface area contributed by atoms with Crippen LogP contribution in [0, 0.1) is 17.3 Å². The van der Waals surface area contributed by atoms with E-state index in [-0.39, 0.29) is 28.3 Å². The van der Waals surface area contributed by atoms with Crippen LogP contribution in [0.15, 0.2) is 24.3 Å². The largest absolute Gasteiger partial charge is 0.469 e. The molecule has 4 fully saturated rings. The summed E-state index contributed by atoms with van der Waals surface area (Å²) in [6, 6.07) is 9.58. The maximum atomic E-state index is 13.1. The molecular weight excluding hydrogens is 336 g/mol. The van der Waals surface area contributed by atoms with Crippen LogP contribution in [0.2, 0.25) is 0 Å². The van der Waals surface area contributed by atoms with Crippen LogP contribution in [0.5, 0.6) is 0 Å². The number of carbonyl (C=O) groups excluding carboxylic acids is 1. The monoisotopic (exact) mass is 367 g/mol. The van der Waals surface area contributed by atoms with Crippen LogP contribution in [0.25, 0.3) is 0 Å². The molecule has 1 unspecified atom stereocenters. The molecule has 5 aliphatic rings. The van der Waals surface area contributed by atoms with Gasteiger partial charge in [0.2, 0.25) is 0 Å². The predicted octanol–water partition coefficient (Wildman–Crippen LogP) is 3.32. The summed E-state index contributed by atoms with van der Waals surface area (Å²) in [7, 11) is 1.57. The van der Waals surface area contributed by atoms with Crippen molar-refractivity contribution in [3.63, 3.8) is 0 Å². The Bertz CT molecular complexity index is 855. The van der Waals surface area contributed by atoms with Gasteiger partial charge in [-0.05, 0) is 43.7 Å². The first-order valence-electron chi connectivity index (χ1n) is 10.8. The van der Waals surface area contributed by atoms with Gasteiger partial charge in [0.1, 0.15) is 6.04 Å². The minimum atomic E-state index is -0.173. The number of quaternary nitrogens is 1. The Morgan fingerprint density at radius 2 is 2.11 bits per heavy atom. The molecule has 3 heterocycles. The van der Waals surface area contributed by atoms with E-state index in [1.165, 1.54) is 54.6 Å². The van der Waals surface area contributed by atoms with Crippen molar-refractivity contribution in [3.05, 3.63) is 29.8 Å². The van der Waals surface area contributed by atoms with Gasteiger partial charge in [0, 0.05) is 17.5 Å². The van der Waals surface area contributed by atoms with Gasteiger partial charge in [-0.1, -0.05) is 25.1 Å². The summed E-state index contributed by atoms with van der Waals surface area (Å²) in [5, 5.41) is 4.02. The van der Waals surface area contributed by atoms with Gasteiger partial charge in [-0.25, -0.2) is 0 Å². The average molecular weight is 368 g/mol. The number of fused-ring (bicyclic) bond motifs is 1. The Hall–Kier alpha value is -1.55. The molecule has 2 aliphatic carbocycles. The number of para-hydroxylation sites is 1. The van der Waals surface area contributed by atoms with Crippen LogP contribution in [-0.4, -0.2) is 48.8 Å². The Balaban J connectivity index is 1.68.